The predicted octanol–water partition coefficient (Wildman–Crippen LogP) is 4.93. The van der Waals surface area contributed by atoms with Crippen LogP contribution in [0.3, 0.4) is 0 Å². The number of fused-ring (bicyclic) bond motifs is 1. The van der Waals surface area contributed by atoms with Crippen LogP contribution >= 0.6 is 0 Å². The van der Waals surface area contributed by atoms with Gasteiger partial charge in [0.2, 0.25) is 5.91 Å². The van der Waals surface area contributed by atoms with Crippen LogP contribution < -0.4 is 10.1 Å². The third kappa shape index (κ3) is 5.67. The molecule has 1 heterocycles. The fraction of sp³-hybridized carbons (Fsp3) is 0.286. The average Bonchev–Trinajstić information content (AvgIpc) is 2.86. The second kappa shape index (κ2) is 10.7. The van der Waals surface area contributed by atoms with Gasteiger partial charge < -0.3 is 15.0 Å². The Morgan fingerprint density at radius 3 is 2.54 bits per heavy atom. The highest BCUT2D eigenvalue weighted by atomic mass is 19.1. The Labute approximate surface area is 203 Å². The Bertz CT molecular complexity index is 1210. The molecule has 0 unspecified atom stereocenters. The highest BCUT2D eigenvalue weighted by Crippen LogP contribution is 2.37. The zero-order valence-electron chi connectivity index (χ0n) is 19.8. The van der Waals surface area contributed by atoms with E-state index in [0.29, 0.717) is 30.7 Å². The van der Waals surface area contributed by atoms with Crippen LogP contribution in [0.2, 0.25) is 0 Å². The summed E-state index contributed by atoms with van der Waals surface area (Å²) in [7, 11) is 0. The molecular weight excluding hydrogens is 450 g/mol. The lowest BCUT2D eigenvalue weighted by molar-refractivity contribution is -0.133. The maximum atomic E-state index is 14.1. The number of hydrogen-bond donors (Lipinski definition) is 1. The molecule has 3 aromatic carbocycles. The summed E-state index contributed by atoms with van der Waals surface area (Å²) in [6.07, 6.45) is 0.252. The highest BCUT2D eigenvalue weighted by molar-refractivity contribution is 5.80. The number of halogens is 2. The van der Waals surface area contributed by atoms with Gasteiger partial charge >= 0.3 is 0 Å². The number of nitrogens with zero attached hydrogens (tertiary/aromatic N) is 1. The van der Waals surface area contributed by atoms with Gasteiger partial charge in [-0.3, -0.25) is 9.59 Å². The largest absolute Gasteiger partial charge is 0.481 e. The van der Waals surface area contributed by atoms with Crippen LogP contribution in [-0.2, 0) is 22.6 Å². The van der Waals surface area contributed by atoms with E-state index in [4.69, 9.17) is 4.74 Å². The Morgan fingerprint density at radius 1 is 1.06 bits per heavy atom. The number of benzene rings is 3. The molecule has 1 aliphatic heterocycles. The molecule has 0 aromatic heterocycles. The summed E-state index contributed by atoms with van der Waals surface area (Å²) in [4.78, 5) is 27.1. The lowest BCUT2D eigenvalue weighted by atomic mass is 9.87. The first-order chi connectivity index (χ1) is 16.9. The van der Waals surface area contributed by atoms with Crippen molar-refractivity contribution in [2.75, 3.05) is 6.54 Å². The van der Waals surface area contributed by atoms with E-state index >= 15 is 0 Å². The molecule has 0 aliphatic carbocycles. The topological polar surface area (TPSA) is 58.6 Å². The van der Waals surface area contributed by atoms with Crippen LogP contribution in [0.1, 0.15) is 48.6 Å². The summed E-state index contributed by atoms with van der Waals surface area (Å²) in [6.45, 7) is 4.26. The quantitative estimate of drug-likeness (QED) is 0.524. The van der Waals surface area contributed by atoms with E-state index in [1.54, 1.807) is 30.0 Å². The minimum atomic E-state index is -0.780. The number of carbonyl (C=O) groups is 2. The second-order valence-electron chi connectivity index (χ2n) is 8.61. The van der Waals surface area contributed by atoms with E-state index in [9.17, 15) is 18.4 Å². The maximum absolute atomic E-state index is 14.1. The van der Waals surface area contributed by atoms with E-state index in [2.05, 4.69) is 5.32 Å². The van der Waals surface area contributed by atoms with Crippen molar-refractivity contribution < 1.29 is 23.1 Å². The van der Waals surface area contributed by atoms with Gasteiger partial charge in [0, 0.05) is 19.5 Å². The van der Waals surface area contributed by atoms with Crippen molar-refractivity contribution in [2.24, 2.45) is 0 Å². The average molecular weight is 479 g/mol. The molecule has 2 atom stereocenters. The Morgan fingerprint density at radius 2 is 1.83 bits per heavy atom. The molecule has 3 aromatic rings. The SMILES string of the molecule is CCC(=O)N1CCc2ccc(O[C@H](C)C(=O)NCc3ccc(F)cc3)cc2[C@H]1c1cccc(F)c1. The summed E-state index contributed by atoms with van der Waals surface area (Å²) in [6, 6.07) is 17.3. The minimum Gasteiger partial charge on any atom is -0.481 e. The van der Waals surface area contributed by atoms with E-state index in [1.165, 1.54) is 24.3 Å². The van der Waals surface area contributed by atoms with Crippen molar-refractivity contribution in [3.8, 4) is 5.75 Å². The first-order valence-electron chi connectivity index (χ1n) is 11.7. The normalized spacial score (nSPS) is 15.8. The van der Waals surface area contributed by atoms with Gasteiger partial charge in [-0.05, 0) is 72.0 Å². The van der Waals surface area contributed by atoms with Crippen molar-refractivity contribution in [1.82, 2.24) is 10.2 Å². The molecule has 2 amide bonds. The van der Waals surface area contributed by atoms with E-state index in [1.807, 2.05) is 31.2 Å². The van der Waals surface area contributed by atoms with Gasteiger partial charge in [-0.25, -0.2) is 8.78 Å². The van der Waals surface area contributed by atoms with Crippen LogP contribution in [0.5, 0.6) is 5.75 Å². The predicted molar refractivity (Wildman–Crippen MR) is 129 cm³/mol. The van der Waals surface area contributed by atoms with Crippen molar-refractivity contribution in [3.05, 3.63) is 101 Å². The van der Waals surface area contributed by atoms with Crippen LogP contribution in [0.15, 0.2) is 66.7 Å². The van der Waals surface area contributed by atoms with Crippen LogP contribution in [0.4, 0.5) is 8.78 Å². The lowest BCUT2D eigenvalue weighted by Gasteiger charge is -2.38. The van der Waals surface area contributed by atoms with Gasteiger partial charge in [-0.2, -0.15) is 0 Å². The van der Waals surface area contributed by atoms with Crippen molar-refractivity contribution in [3.63, 3.8) is 0 Å². The van der Waals surface area contributed by atoms with Crippen LogP contribution in [0, 0.1) is 11.6 Å². The molecule has 0 fully saturated rings. The Hall–Kier alpha value is -3.74. The number of carbonyl (C=O) groups excluding carboxylic acids is 2. The molecule has 0 radical (unpaired) electrons. The number of ether oxygens (including phenoxy) is 1. The van der Waals surface area contributed by atoms with E-state index in [0.717, 1.165) is 16.7 Å². The zero-order valence-corrected chi connectivity index (χ0v) is 19.8. The van der Waals surface area contributed by atoms with Crippen LogP contribution in [0.25, 0.3) is 0 Å². The zero-order chi connectivity index (χ0) is 24.9. The number of amides is 2. The molecule has 35 heavy (non-hydrogen) atoms. The molecule has 4 rings (SSSR count). The molecule has 0 bridgehead atoms. The van der Waals surface area contributed by atoms with Gasteiger partial charge in [0.1, 0.15) is 17.4 Å². The third-order valence-corrected chi connectivity index (χ3v) is 6.19. The number of rotatable bonds is 7. The van der Waals surface area contributed by atoms with E-state index in [-0.39, 0.29) is 30.0 Å². The minimum absolute atomic E-state index is 0.00947. The standard InChI is InChI=1S/C28H28F2N2O3/c1-3-26(33)32-14-13-20-9-12-24(16-25(20)27(32)21-5-4-6-23(30)15-21)35-18(2)28(34)31-17-19-7-10-22(29)11-8-19/h4-12,15-16,18,27H,3,13-14,17H2,1-2H3,(H,31,34)/t18-,27-/m1/s1. The highest BCUT2D eigenvalue weighted by Gasteiger charge is 2.32. The monoisotopic (exact) mass is 478 g/mol. The van der Waals surface area contributed by atoms with Crippen molar-refractivity contribution in [1.29, 1.82) is 0 Å². The number of nitrogens with one attached hydrogen (secondary N) is 1. The first-order valence-corrected chi connectivity index (χ1v) is 11.7. The van der Waals surface area contributed by atoms with E-state index < -0.39 is 12.1 Å². The van der Waals surface area contributed by atoms with Gasteiger partial charge in [0.15, 0.2) is 6.10 Å². The van der Waals surface area contributed by atoms with Gasteiger partial charge in [0.05, 0.1) is 6.04 Å². The fourth-order valence-corrected chi connectivity index (χ4v) is 4.37. The lowest BCUT2D eigenvalue weighted by Crippen LogP contribution is -2.40. The summed E-state index contributed by atoms with van der Waals surface area (Å²) in [5.41, 5.74) is 3.38. The second-order valence-corrected chi connectivity index (χ2v) is 8.61. The summed E-state index contributed by atoms with van der Waals surface area (Å²) in [5, 5.41) is 2.79. The molecule has 1 aliphatic rings. The number of hydrogen-bond acceptors (Lipinski definition) is 3. The smallest absolute Gasteiger partial charge is 0.261 e. The molecule has 0 saturated heterocycles. The summed E-state index contributed by atoms with van der Waals surface area (Å²) >= 11 is 0. The van der Waals surface area contributed by atoms with Gasteiger partial charge in [-0.1, -0.05) is 37.3 Å². The summed E-state index contributed by atoms with van der Waals surface area (Å²) < 4.78 is 33.1. The Kier molecular flexibility index (Phi) is 7.44. The first kappa shape index (κ1) is 24.4. The molecule has 5 nitrogen and oxygen atoms in total. The van der Waals surface area contributed by atoms with Crippen molar-refractivity contribution >= 4 is 11.8 Å². The summed E-state index contributed by atoms with van der Waals surface area (Å²) in [5.74, 6) is -0.529. The fourth-order valence-electron chi connectivity index (χ4n) is 4.37. The molecule has 7 heteroatoms. The van der Waals surface area contributed by atoms with Gasteiger partial charge in [-0.15, -0.1) is 0 Å². The van der Waals surface area contributed by atoms with Crippen LogP contribution in [-0.4, -0.2) is 29.4 Å². The van der Waals surface area contributed by atoms with Gasteiger partial charge in [0.25, 0.3) is 5.91 Å². The molecule has 0 saturated carbocycles. The maximum Gasteiger partial charge on any atom is 0.261 e. The molecule has 0 spiro atoms. The molecule has 1 N–H and O–H groups in total. The molecular formula is C28H28F2N2O3. The van der Waals surface area contributed by atoms with Crippen molar-refractivity contribution in [2.45, 2.75) is 45.4 Å². The third-order valence-electron chi connectivity index (χ3n) is 6.19. The Balaban J connectivity index is 1.54. The molecule has 182 valence electrons.